The molecule has 0 bridgehead atoms. The molecule has 1 aromatic carbocycles. The average molecular weight is 335 g/mol. The number of carbonyl (C=O) groups excluding carboxylic acids is 1. The van der Waals surface area contributed by atoms with E-state index in [0.29, 0.717) is 11.6 Å². The van der Waals surface area contributed by atoms with Gasteiger partial charge in [0.15, 0.2) is 11.5 Å². The molecule has 6 heteroatoms. The highest BCUT2D eigenvalue weighted by atomic mass is 16.7. The minimum atomic E-state index is -0.111. The van der Waals surface area contributed by atoms with Crippen LogP contribution >= 0.6 is 0 Å². The van der Waals surface area contributed by atoms with Crippen LogP contribution in [0.25, 0.3) is 16.8 Å². The second-order valence-corrected chi connectivity index (χ2v) is 6.53. The Morgan fingerprint density at radius 1 is 1.12 bits per heavy atom. The highest BCUT2D eigenvalue weighted by molar-refractivity contribution is 5.93. The Balaban J connectivity index is 1.44. The fraction of sp³-hybridized carbons (Fsp3) is 0.263. The topological polar surface area (TPSA) is 64.9 Å². The van der Waals surface area contributed by atoms with Gasteiger partial charge in [-0.15, -0.1) is 0 Å². The van der Waals surface area contributed by atoms with E-state index in [1.54, 1.807) is 6.20 Å². The lowest BCUT2D eigenvalue weighted by Gasteiger charge is -2.04. The second-order valence-electron chi connectivity index (χ2n) is 6.53. The van der Waals surface area contributed by atoms with Crippen LogP contribution in [0.5, 0.6) is 11.5 Å². The maximum atomic E-state index is 12.2. The van der Waals surface area contributed by atoms with E-state index in [0.717, 1.165) is 34.8 Å². The van der Waals surface area contributed by atoms with Gasteiger partial charge >= 0.3 is 0 Å². The van der Waals surface area contributed by atoms with Crippen molar-refractivity contribution in [3.63, 3.8) is 0 Å². The SMILES string of the molecule is O=C(NCC1CC1)c1cn2cc(-c3ccc4c(c3)OCO4)ccc2n1. The number of rotatable bonds is 4. The molecule has 25 heavy (non-hydrogen) atoms. The normalized spacial score (nSPS) is 15.5. The van der Waals surface area contributed by atoms with Crippen LogP contribution < -0.4 is 14.8 Å². The second kappa shape index (κ2) is 5.51. The first-order chi connectivity index (χ1) is 12.3. The Morgan fingerprint density at radius 3 is 2.84 bits per heavy atom. The summed E-state index contributed by atoms with van der Waals surface area (Å²) in [6.45, 7) is 1.01. The molecule has 0 atom stereocenters. The van der Waals surface area contributed by atoms with Crippen LogP contribution in [0.3, 0.4) is 0 Å². The molecule has 1 saturated carbocycles. The fourth-order valence-corrected chi connectivity index (χ4v) is 3.00. The number of hydrogen-bond acceptors (Lipinski definition) is 4. The van der Waals surface area contributed by atoms with Gasteiger partial charge in [0, 0.05) is 18.9 Å². The summed E-state index contributed by atoms with van der Waals surface area (Å²) in [6, 6.07) is 9.77. The molecule has 6 nitrogen and oxygen atoms in total. The summed E-state index contributed by atoms with van der Waals surface area (Å²) >= 11 is 0. The molecule has 3 heterocycles. The Hall–Kier alpha value is -3.02. The van der Waals surface area contributed by atoms with Crippen molar-refractivity contribution in [1.29, 1.82) is 0 Å². The summed E-state index contributed by atoms with van der Waals surface area (Å²) in [6.07, 6.45) is 6.17. The molecule has 1 N–H and O–H groups in total. The van der Waals surface area contributed by atoms with Crippen LogP contribution in [0.2, 0.25) is 0 Å². The zero-order chi connectivity index (χ0) is 16.8. The van der Waals surface area contributed by atoms with Gasteiger partial charge < -0.3 is 19.2 Å². The first kappa shape index (κ1) is 14.3. The van der Waals surface area contributed by atoms with Crippen molar-refractivity contribution in [2.45, 2.75) is 12.8 Å². The molecule has 0 radical (unpaired) electrons. The highest BCUT2D eigenvalue weighted by Crippen LogP contribution is 2.35. The molecule has 126 valence electrons. The third-order valence-electron chi connectivity index (χ3n) is 4.64. The molecule has 2 aliphatic rings. The lowest BCUT2D eigenvalue weighted by Crippen LogP contribution is -2.25. The molecule has 3 aromatic rings. The Bertz CT molecular complexity index is 975. The zero-order valence-electron chi connectivity index (χ0n) is 13.6. The van der Waals surface area contributed by atoms with E-state index < -0.39 is 0 Å². The minimum Gasteiger partial charge on any atom is -0.454 e. The van der Waals surface area contributed by atoms with Crippen LogP contribution in [-0.4, -0.2) is 28.6 Å². The van der Waals surface area contributed by atoms with Crippen molar-refractivity contribution in [3.05, 3.63) is 48.4 Å². The summed E-state index contributed by atoms with van der Waals surface area (Å²) in [5, 5.41) is 2.95. The van der Waals surface area contributed by atoms with Crippen molar-refractivity contribution in [1.82, 2.24) is 14.7 Å². The molecule has 1 fully saturated rings. The van der Waals surface area contributed by atoms with Gasteiger partial charge in [-0.25, -0.2) is 4.98 Å². The molecule has 0 unspecified atom stereocenters. The van der Waals surface area contributed by atoms with Crippen molar-refractivity contribution in [2.75, 3.05) is 13.3 Å². The van der Waals surface area contributed by atoms with Crippen molar-refractivity contribution >= 4 is 11.6 Å². The van der Waals surface area contributed by atoms with E-state index in [2.05, 4.69) is 10.3 Å². The first-order valence-electron chi connectivity index (χ1n) is 8.43. The Morgan fingerprint density at radius 2 is 1.96 bits per heavy atom. The molecule has 0 spiro atoms. The van der Waals surface area contributed by atoms with E-state index >= 15 is 0 Å². The van der Waals surface area contributed by atoms with Crippen LogP contribution in [-0.2, 0) is 0 Å². The van der Waals surface area contributed by atoms with Gasteiger partial charge in [-0.3, -0.25) is 4.79 Å². The largest absolute Gasteiger partial charge is 0.454 e. The maximum absolute atomic E-state index is 12.2. The Labute approximate surface area is 144 Å². The van der Waals surface area contributed by atoms with E-state index in [1.807, 2.05) is 40.9 Å². The number of benzene rings is 1. The number of aromatic nitrogens is 2. The number of ether oxygens (including phenoxy) is 2. The van der Waals surface area contributed by atoms with Crippen LogP contribution in [0.15, 0.2) is 42.7 Å². The highest BCUT2D eigenvalue weighted by Gasteiger charge is 2.22. The zero-order valence-corrected chi connectivity index (χ0v) is 13.6. The monoisotopic (exact) mass is 335 g/mol. The molecule has 1 aliphatic carbocycles. The maximum Gasteiger partial charge on any atom is 0.271 e. The Kier molecular flexibility index (Phi) is 3.16. The van der Waals surface area contributed by atoms with Gasteiger partial charge in [0.25, 0.3) is 5.91 Å². The summed E-state index contributed by atoms with van der Waals surface area (Å²) < 4.78 is 12.7. The van der Waals surface area contributed by atoms with Gasteiger partial charge in [-0.2, -0.15) is 0 Å². The van der Waals surface area contributed by atoms with Gasteiger partial charge in [-0.05, 0) is 54.2 Å². The summed E-state index contributed by atoms with van der Waals surface area (Å²) in [5.41, 5.74) is 3.25. The number of amides is 1. The van der Waals surface area contributed by atoms with Crippen LogP contribution in [0.1, 0.15) is 23.3 Å². The molecule has 1 amide bonds. The number of imidazole rings is 1. The standard InChI is InChI=1S/C19H17N3O3/c23-19(20-8-12-1-2-12)15-10-22-9-14(4-6-18(22)21-15)13-3-5-16-17(7-13)25-11-24-16/h3-7,9-10,12H,1-2,8,11H2,(H,20,23). The van der Waals surface area contributed by atoms with Gasteiger partial charge in [0.05, 0.1) is 0 Å². The molecular formula is C19H17N3O3. The quantitative estimate of drug-likeness (QED) is 0.796. The third kappa shape index (κ3) is 2.69. The molecule has 5 rings (SSSR count). The number of nitrogens with one attached hydrogen (secondary N) is 1. The number of nitrogens with zero attached hydrogens (tertiary/aromatic N) is 2. The lowest BCUT2D eigenvalue weighted by molar-refractivity contribution is 0.0947. The number of carbonyl (C=O) groups is 1. The molecule has 0 saturated heterocycles. The molecular weight excluding hydrogens is 318 g/mol. The summed E-state index contributed by atoms with van der Waals surface area (Å²) in [5.74, 6) is 2.06. The van der Waals surface area contributed by atoms with E-state index in [1.165, 1.54) is 12.8 Å². The fourth-order valence-electron chi connectivity index (χ4n) is 3.00. The summed E-state index contributed by atoms with van der Waals surface area (Å²) in [7, 11) is 0. The van der Waals surface area contributed by atoms with E-state index in [9.17, 15) is 4.79 Å². The van der Waals surface area contributed by atoms with Crippen molar-refractivity contribution in [3.8, 4) is 22.6 Å². The van der Waals surface area contributed by atoms with Crippen molar-refractivity contribution in [2.24, 2.45) is 5.92 Å². The van der Waals surface area contributed by atoms with Gasteiger partial charge in [0.1, 0.15) is 11.3 Å². The molecule has 1 aliphatic heterocycles. The van der Waals surface area contributed by atoms with Crippen LogP contribution in [0, 0.1) is 5.92 Å². The van der Waals surface area contributed by atoms with Crippen molar-refractivity contribution < 1.29 is 14.3 Å². The lowest BCUT2D eigenvalue weighted by atomic mass is 10.1. The predicted octanol–water partition coefficient (Wildman–Crippen LogP) is 2.87. The predicted molar refractivity (Wildman–Crippen MR) is 91.8 cm³/mol. The molecule has 2 aromatic heterocycles. The first-order valence-corrected chi connectivity index (χ1v) is 8.43. The number of fused-ring (bicyclic) bond motifs is 2. The summed E-state index contributed by atoms with van der Waals surface area (Å²) in [4.78, 5) is 16.6. The third-order valence-corrected chi connectivity index (χ3v) is 4.64. The minimum absolute atomic E-state index is 0.111. The van der Waals surface area contributed by atoms with Gasteiger partial charge in [0.2, 0.25) is 6.79 Å². The van der Waals surface area contributed by atoms with E-state index in [4.69, 9.17) is 9.47 Å². The van der Waals surface area contributed by atoms with E-state index in [-0.39, 0.29) is 12.7 Å². The smallest absolute Gasteiger partial charge is 0.271 e. The number of pyridine rings is 1. The number of hydrogen-bond donors (Lipinski definition) is 1. The van der Waals surface area contributed by atoms with Gasteiger partial charge in [-0.1, -0.05) is 6.07 Å². The van der Waals surface area contributed by atoms with Crippen LogP contribution in [0.4, 0.5) is 0 Å². The average Bonchev–Trinajstić information content (AvgIpc) is 3.18.